The van der Waals surface area contributed by atoms with Crippen LogP contribution in [0.15, 0.2) is 12.1 Å². The monoisotopic (exact) mass is 303 g/mol. The molecular weight excluding hydrogens is 278 g/mol. The number of benzene rings is 1. The Balaban J connectivity index is 2.52. The highest BCUT2D eigenvalue weighted by atomic mass is 16.3. The zero-order chi connectivity index (χ0) is 16.4. The van der Waals surface area contributed by atoms with Gasteiger partial charge in [-0.05, 0) is 57.9 Å². The highest BCUT2D eigenvalue weighted by molar-refractivity contribution is 5.82. The molecule has 1 unspecified atom stereocenters. The van der Waals surface area contributed by atoms with Gasteiger partial charge in [0.05, 0.1) is 11.0 Å². The van der Waals surface area contributed by atoms with Crippen LogP contribution in [0.25, 0.3) is 11.0 Å². The van der Waals surface area contributed by atoms with E-state index in [9.17, 15) is 9.90 Å². The van der Waals surface area contributed by atoms with Crippen LogP contribution >= 0.6 is 0 Å². The van der Waals surface area contributed by atoms with Gasteiger partial charge in [0, 0.05) is 13.1 Å². The molecule has 1 atom stereocenters. The fourth-order valence-electron chi connectivity index (χ4n) is 2.70. The third-order valence-electron chi connectivity index (χ3n) is 4.18. The molecule has 1 aromatic heterocycles. The number of aliphatic hydroxyl groups is 1. The van der Waals surface area contributed by atoms with Gasteiger partial charge in [0.25, 0.3) is 0 Å². The van der Waals surface area contributed by atoms with Gasteiger partial charge in [-0.1, -0.05) is 0 Å². The number of imidazole rings is 1. The molecule has 22 heavy (non-hydrogen) atoms. The quantitative estimate of drug-likeness (QED) is 0.923. The van der Waals surface area contributed by atoms with E-state index in [2.05, 4.69) is 4.98 Å². The van der Waals surface area contributed by atoms with Crippen molar-refractivity contribution in [2.45, 2.75) is 47.3 Å². The van der Waals surface area contributed by atoms with Crippen LogP contribution in [-0.2, 0) is 11.3 Å². The van der Waals surface area contributed by atoms with Gasteiger partial charge in [0.15, 0.2) is 0 Å². The van der Waals surface area contributed by atoms with Gasteiger partial charge in [-0.3, -0.25) is 4.79 Å². The molecule has 0 fully saturated rings. The van der Waals surface area contributed by atoms with Crippen molar-refractivity contribution in [3.05, 3.63) is 29.1 Å². The molecule has 0 aliphatic carbocycles. The largest absolute Gasteiger partial charge is 0.385 e. The Labute approximate surface area is 131 Å². The SMILES string of the molecule is CCN(CC)C(=O)Cn1c(C(C)O)nc2cc(C)c(C)cc21. The topological polar surface area (TPSA) is 58.4 Å². The van der Waals surface area contributed by atoms with Crippen molar-refractivity contribution < 1.29 is 9.90 Å². The molecule has 0 aliphatic heterocycles. The second-order valence-corrected chi connectivity index (χ2v) is 5.72. The Morgan fingerprint density at radius 1 is 1.27 bits per heavy atom. The van der Waals surface area contributed by atoms with Crippen LogP contribution in [0, 0.1) is 13.8 Å². The minimum absolute atomic E-state index is 0.0458. The first-order chi connectivity index (χ1) is 10.4. The number of aryl methyl sites for hydroxylation is 2. The summed E-state index contributed by atoms with van der Waals surface area (Å²) in [6, 6.07) is 4.05. The van der Waals surface area contributed by atoms with Gasteiger partial charge in [0.1, 0.15) is 18.5 Å². The summed E-state index contributed by atoms with van der Waals surface area (Å²) < 4.78 is 1.84. The summed E-state index contributed by atoms with van der Waals surface area (Å²) in [5.41, 5.74) is 4.04. The molecule has 1 aromatic carbocycles. The molecule has 0 aliphatic rings. The lowest BCUT2D eigenvalue weighted by Gasteiger charge is -2.20. The highest BCUT2D eigenvalue weighted by Gasteiger charge is 2.19. The predicted molar refractivity (Wildman–Crippen MR) is 87.8 cm³/mol. The molecule has 0 bridgehead atoms. The number of carbonyl (C=O) groups excluding carboxylic acids is 1. The van der Waals surface area contributed by atoms with Crippen molar-refractivity contribution in [1.29, 1.82) is 0 Å². The van der Waals surface area contributed by atoms with Crippen LogP contribution in [0.4, 0.5) is 0 Å². The molecule has 1 heterocycles. The van der Waals surface area contributed by atoms with Crippen molar-refractivity contribution in [1.82, 2.24) is 14.5 Å². The second kappa shape index (κ2) is 6.48. The van der Waals surface area contributed by atoms with Crippen LogP contribution < -0.4 is 0 Å². The van der Waals surface area contributed by atoms with Gasteiger partial charge in [0.2, 0.25) is 5.91 Å². The van der Waals surface area contributed by atoms with Crippen LogP contribution in [0.1, 0.15) is 43.8 Å². The number of carbonyl (C=O) groups is 1. The Bertz CT molecular complexity index is 685. The summed E-state index contributed by atoms with van der Waals surface area (Å²) in [6.07, 6.45) is -0.711. The molecule has 0 spiro atoms. The number of amides is 1. The smallest absolute Gasteiger partial charge is 0.242 e. The zero-order valence-corrected chi connectivity index (χ0v) is 14.1. The van der Waals surface area contributed by atoms with Gasteiger partial charge < -0.3 is 14.6 Å². The van der Waals surface area contributed by atoms with Crippen LogP contribution in [-0.4, -0.2) is 38.6 Å². The number of likely N-dealkylation sites (N-methyl/N-ethyl adjacent to an activating group) is 1. The van der Waals surface area contributed by atoms with Crippen LogP contribution in [0.5, 0.6) is 0 Å². The van der Waals surface area contributed by atoms with Crippen molar-refractivity contribution in [2.24, 2.45) is 0 Å². The molecule has 0 saturated carbocycles. The Morgan fingerprint density at radius 2 is 1.86 bits per heavy atom. The van der Waals surface area contributed by atoms with Gasteiger partial charge in [-0.25, -0.2) is 4.98 Å². The number of rotatable bonds is 5. The minimum Gasteiger partial charge on any atom is -0.385 e. The maximum Gasteiger partial charge on any atom is 0.242 e. The van der Waals surface area contributed by atoms with E-state index >= 15 is 0 Å². The summed E-state index contributed by atoms with van der Waals surface area (Å²) in [7, 11) is 0. The van der Waals surface area contributed by atoms with Crippen molar-refractivity contribution in [2.75, 3.05) is 13.1 Å². The van der Waals surface area contributed by atoms with E-state index in [0.717, 1.165) is 22.2 Å². The number of nitrogens with zero attached hydrogens (tertiary/aromatic N) is 3. The Hall–Kier alpha value is -1.88. The Kier molecular flexibility index (Phi) is 4.86. The third kappa shape index (κ3) is 2.99. The van der Waals surface area contributed by atoms with Gasteiger partial charge in [-0.15, -0.1) is 0 Å². The lowest BCUT2D eigenvalue weighted by molar-refractivity contribution is -0.131. The number of hydrogen-bond donors (Lipinski definition) is 1. The predicted octanol–water partition coefficient (Wildman–Crippen LogP) is 2.57. The number of hydrogen-bond acceptors (Lipinski definition) is 3. The van der Waals surface area contributed by atoms with Crippen molar-refractivity contribution >= 4 is 16.9 Å². The van der Waals surface area contributed by atoms with Crippen LogP contribution in [0.3, 0.4) is 0 Å². The minimum atomic E-state index is -0.711. The lowest BCUT2D eigenvalue weighted by Crippen LogP contribution is -2.33. The summed E-state index contributed by atoms with van der Waals surface area (Å²) in [5, 5.41) is 10.0. The summed E-state index contributed by atoms with van der Waals surface area (Å²) in [6.45, 7) is 11.3. The average Bonchev–Trinajstić information content (AvgIpc) is 2.79. The standard InChI is InChI=1S/C17H25N3O2/c1-6-19(7-2)16(22)10-20-15-9-12(4)11(3)8-14(15)18-17(20)13(5)21/h8-9,13,21H,6-7,10H2,1-5H3. The van der Waals surface area contributed by atoms with E-state index < -0.39 is 6.10 Å². The fraction of sp³-hybridized carbons (Fsp3) is 0.529. The number of aromatic nitrogens is 2. The summed E-state index contributed by atoms with van der Waals surface area (Å²) >= 11 is 0. The average molecular weight is 303 g/mol. The molecule has 120 valence electrons. The number of fused-ring (bicyclic) bond motifs is 1. The molecule has 5 heteroatoms. The first-order valence-corrected chi connectivity index (χ1v) is 7.82. The van der Waals surface area contributed by atoms with Crippen molar-refractivity contribution in [3.63, 3.8) is 0 Å². The summed E-state index contributed by atoms with van der Waals surface area (Å²) in [4.78, 5) is 18.7. The van der Waals surface area contributed by atoms with E-state index in [0.29, 0.717) is 18.9 Å². The molecule has 0 saturated heterocycles. The fourth-order valence-corrected chi connectivity index (χ4v) is 2.70. The molecule has 1 amide bonds. The van der Waals surface area contributed by atoms with Gasteiger partial charge >= 0.3 is 0 Å². The molecule has 0 radical (unpaired) electrons. The first kappa shape index (κ1) is 16.5. The van der Waals surface area contributed by atoms with E-state index in [1.54, 1.807) is 11.8 Å². The normalized spacial score (nSPS) is 12.6. The van der Waals surface area contributed by atoms with Crippen molar-refractivity contribution in [3.8, 4) is 0 Å². The molecule has 1 N–H and O–H groups in total. The first-order valence-electron chi connectivity index (χ1n) is 7.82. The highest BCUT2D eigenvalue weighted by Crippen LogP contribution is 2.24. The third-order valence-corrected chi connectivity index (χ3v) is 4.18. The summed E-state index contributed by atoms with van der Waals surface area (Å²) in [5.74, 6) is 0.588. The maximum absolute atomic E-state index is 12.4. The van der Waals surface area contributed by atoms with Gasteiger partial charge in [-0.2, -0.15) is 0 Å². The van der Waals surface area contributed by atoms with E-state index in [1.807, 2.05) is 44.4 Å². The zero-order valence-electron chi connectivity index (χ0n) is 14.1. The van der Waals surface area contributed by atoms with E-state index in [-0.39, 0.29) is 12.5 Å². The number of aliphatic hydroxyl groups excluding tert-OH is 1. The molecular formula is C17H25N3O2. The molecule has 5 nitrogen and oxygen atoms in total. The maximum atomic E-state index is 12.4. The lowest BCUT2D eigenvalue weighted by atomic mass is 10.1. The van der Waals surface area contributed by atoms with Crippen LogP contribution in [0.2, 0.25) is 0 Å². The second-order valence-electron chi connectivity index (χ2n) is 5.72. The van der Waals surface area contributed by atoms with E-state index in [4.69, 9.17) is 0 Å². The van der Waals surface area contributed by atoms with E-state index in [1.165, 1.54) is 0 Å². The Morgan fingerprint density at radius 3 is 2.41 bits per heavy atom. The molecule has 2 rings (SSSR count). The molecule has 2 aromatic rings.